The Morgan fingerprint density at radius 2 is 1.14 bits per heavy atom. The molecule has 2 aliphatic rings. The first-order chi connectivity index (χ1) is 26.8. The highest BCUT2D eigenvalue weighted by atomic mass is 19.4. The summed E-state index contributed by atoms with van der Waals surface area (Å²) in [6, 6.07) is 22.0. The molecule has 2 aliphatic heterocycles. The number of benzene rings is 3. The Labute approximate surface area is 320 Å². The van der Waals surface area contributed by atoms with Gasteiger partial charge in [0.15, 0.2) is 23.0 Å². The predicted octanol–water partition coefficient (Wildman–Crippen LogP) is 4.24. The zero-order valence-corrected chi connectivity index (χ0v) is 30.1. The number of aromatic nitrogens is 4. The first kappa shape index (κ1) is 39.8. The van der Waals surface area contributed by atoms with Crippen molar-refractivity contribution >= 4 is 23.7 Å². The summed E-state index contributed by atoms with van der Waals surface area (Å²) in [7, 11) is 2.87. The van der Waals surface area contributed by atoms with Crippen LogP contribution in [0.5, 0.6) is 11.5 Å². The van der Waals surface area contributed by atoms with Crippen LogP contribution in [-0.2, 0) is 40.4 Å². The maximum absolute atomic E-state index is 13.3. The lowest BCUT2D eigenvalue weighted by atomic mass is 9.84. The van der Waals surface area contributed by atoms with E-state index in [4.69, 9.17) is 16.2 Å². The van der Waals surface area contributed by atoms with Crippen LogP contribution in [-0.4, -0.2) is 84.6 Å². The van der Waals surface area contributed by atoms with Crippen molar-refractivity contribution in [2.24, 2.45) is 21.5 Å². The summed E-state index contributed by atoms with van der Waals surface area (Å²) in [5.74, 6) is -0.824. The van der Waals surface area contributed by atoms with Gasteiger partial charge in [0.05, 0.1) is 12.4 Å². The fourth-order valence-corrected chi connectivity index (χ4v) is 6.29. The molecule has 7 rings (SSSR count). The number of nitrogens with zero attached hydrogens (tertiary/aromatic N) is 8. The second kappa shape index (κ2) is 15.0. The molecule has 2 amide bonds. The highest BCUT2D eigenvalue weighted by Crippen LogP contribution is 2.42. The minimum Gasteiger partial charge on any atom is -0.508 e. The van der Waals surface area contributed by atoms with E-state index in [0.717, 1.165) is 27.5 Å². The third-order valence-electron chi connectivity index (χ3n) is 9.03. The second-order valence-electron chi connectivity index (χ2n) is 13.0. The summed E-state index contributed by atoms with van der Waals surface area (Å²) >= 11 is 0. The van der Waals surface area contributed by atoms with E-state index in [1.165, 1.54) is 55.7 Å². The van der Waals surface area contributed by atoms with Crippen molar-refractivity contribution in [3.63, 3.8) is 0 Å². The topological polar surface area (TPSA) is 182 Å². The molecule has 0 saturated heterocycles. The average Bonchev–Trinajstić information content (AvgIpc) is 3.92. The van der Waals surface area contributed by atoms with Crippen molar-refractivity contribution in [1.29, 1.82) is 0 Å². The largest absolute Gasteiger partial charge is 0.508 e. The maximum Gasteiger partial charge on any atom is 0.408 e. The number of aromatic hydroxyl groups is 1. The zero-order valence-electron chi connectivity index (χ0n) is 30.1. The molecule has 20 heteroatoms. The molecular formula is C37H34F6N10O4. The van der Waals surface area contributed by atoms with Crippen molar-refractivity contribution < 1.29 is 45.8 Å². The lowest BCUT2D eigenvalue weighted by Gasteiger charge is -2.24. The van der Waals surface area contributed by atoms with Crippen LogP contribution in [0.1, 0.15) is 27.8 Å². The predicted molar refractivity (Wildman–Crippen MR) is 192 cm³/mol. The lowest BCUT2D eigenvalue weighted by molar-refractivity contribution is -0.143. The number of carbonyl (C=O) groups is 2. The monoisotopic (exact) mass is 796 g/mol. The molecule has 0 spiro atoms. The standard InChI is InChI=1S/C22H20F3N5O2.C15H14F3N5O2/c1-29-19(31)22(28-20(29)26,17-11-27-30(12-17)14-21(23,24)25)16-8-5-9-18(10-16)32-13-15-6-3-2-4-7-15;1-22-12(25)15(21-13(22)19,9-3-2-4-11(24)5-9)10-6-20-23(7-10)8-14(16,17)18/h2-12H,13-14H2,1H3,(H2,26,28);2-7,24H,8H2,1H3,(H2,19,21). The van der Waals surface area contributed by atoms with Gasteiger partial charge in [-0.2, -0.15) is 36.5 Å². The molecule has 5 aromatic rings. The van der Waals surface area contributed by atoms with Crippen molar-refractivity contribution in [2.75, 3.05) is 14.1 Å². The molecule has 14 nitrogen and oxygen atoms in total. The molecule has 0 fully saturated rings. The van der Waals surface area contributed by atoms with E-state index in [-0.39, 0.29) is 34.4 Å². The van der Waals surface area contributed by atoms with Crippen LogP contribution in [0.4, 0.5) is 26.3 Å². The van der Waals surface area contributed by atoms with Gasteiger partial charge in [-0.1, -0.05) is 54.6 Å². The first-order valence-corrected chi connectivity index (χ1v) is 16.9. The number of halogens is 6. The number of likely N-dealkylation sites (N-methyl/N-ethyl adjacent to an activating group) is 2. The normalized spacial score (nSPS) is 19.6. The van der Waals surface area contributed by atoms with Gasteiger partial charge in [0, 0.05) is 37.6 Å². The Kier molecular flexibility index (Phi) is 10.5. The highest BCUT2D eigenvalue weighted by Gasteiger charge is 2.52. The van der Waals surface area contributed by atoms with Crippen LogP contribution >= 0.6 is 0 Å². The Morgan fingerprint density at radius 3 is 1.58 bits per heavy atom. The fraction of sp³-hybridized carbons (Fsp3) is 0.243. The summed E-state index contributed by atoms with van der Waals surface area (Å²) in [5, 5.41) is 17.2. The molecule has 2 unspecified atom stereocenters. The van der Waals surface area contributed by atoms with Gasteiger partial charge in [-0.15, -0.1) is 0 Å². The third-order valence-corrected chi connectivity index (χ3v) is 9.03. The Balaban J connectivity index is 0.000000199. The molecule has 2 atom stereocenters. The SMILES string of the molecule is CN1C(=O)C(c2cccc(O)c2)(c2cnn(CC(F)(F)F)c2)N=C1N.CN1C(=O)C(c2cccc(OCc3ccccc3)c2)(c2cnn(CC(F)(F)F)c2)N=C1N. The van der Waals surface area contributed by atoms with Gasteiger partial charge in [0.2, 0.25) is 0 Å². The van der Waals surface area contributed by atoms with E-state index < -0.39 is 48.3 Å². The summed E-state index contributed by atoms with van der Waals surface area (Å²) in [4.78, 5) is 36.9. The fourth-order valence-electron chi connectivity index (χ4n) is 6.29. The van der Waals surface area contributed by atoms with E-state index in [1.807, 2.05) is 30.3 Å². The van der Waals surface area contributed by atoms with Crippen molar-refractivity contribution in [3.8, 4) is 11.5 Å². The molecule has 57 heavy (non-hydrogen) atoms. The van der Waals surface area contributed by atoms with Gasteiger partial charge < -0.3 is 21.3 Å². The van der Waals surface area contributed by atoms with Crippen LogP contribution in [0.2, 0.25) is 0 Å². The number of rotatable bonds is 9. The highest BCUT2D eigenvalue weighted by molar-refractivity contribution is 6.09. The molecule has 0 radical (unpaired) electrons. The third kappa shape index (κ3) is 8.10. The van der Waals surface area contributed by atoms with E-state index >= 15 is 0 Å². The lowest BCUT2D eigenvalue weighted by Crippen LogP contribution is -2.41. The number of guanidine groups is 2. The quantitative estimate of drug-likeness (QED) is 0.185. The van der Waals surface area contributed by atoms with Crippen LogP contribution < -0.4 is 16.2 Å². The molecule has 0 saturated carbocycles. The zero-order chi connectivity index (χ0) is 41.3. The van der Waals surface area contributed by atoms with Crippen LogP contribution in [0.25, 0.3) is 0 Å². The Morgan fingerprint density at radius 1 is 0.667 bits per heavy atom. The number of amides is 2. The van der Waals surface area contributed by atoms with E-state index in [1.54, 1.807) is 24.3 Å². The van der Waals surface area contributed by atoms with Crippen LogP contribution in [0, 0.1) is 0 Å². The summed E-state index contributed by atoms with van der Waals surface area (Å²) in [5.41, 5.74) is 10.3. The van der Waals surface area contributed by atoms with Crippen LogP contribution in [0.15, 0.2) is 114 Å². The van der Waals surface area contributed by atoms with Crippen molar-refractivity contribution in [2.45, 2.75) is 43.1 Å². The number of hydrogen-bond acceptors (Lipinski definition) is 10. The van der Waals surface area contributed by atoms with Gasteiger partial charge in [-0.05, 0) is 41.0 Å². The number of nitrogens with two attached hydrogens (primary N) is 2. The van der Waals surface area contributed by atoms with Crippen molar-refractivity contribution in [1.82, 2.24) is 29.4 Å². The Hall–Kier alpha value is -6.86. The Bertz CT molecular complexity index is 2340. The number of phenolic OH excluding ortho intramolecular Hbond substituents is 1. The minimum atomic E-state index is -4.46. The molecule has 0 aliphatic carbocycles. The maximum atomic E-state index is 13.3. The molecule has 4 heterocycles. The van der Waals surface area contributed by atoms with Crippen LogP contribution in [0.3, 0.4) is 0 Å². The van der Waals surface area contributed by atoms with E-state index in [9.17, 15) is 41.0 Å². The number of phenols is 1. The number of carbonyl (C=O) groups excluding carboxylic acids is 2. The number of aliphatic imine (C=N–C) groups is 2. The molecule has 5 N–H and O–H groups in total. The first-order valence-electron chi connectivity index (χ1n) is 16.9. The van der Waals surface area contributed by atoms with Gasteiger partial charge >= 0.3 is 12.4 Å². The molecule has 0 bridgehead atoms. The minimum absolute atomic E-state index is 0.0471. The number of ether oxygens (including phenoxy) is 1. The van der Waals surface area contributed by atoms with E-state index in [0.29, 0.717) is 22.6 Å². The van der Waals surface area contributed by atoms with Gasteiger partial charge in [-0.3, -0.25) is 28.8 Å². The summed E-state index contributed by atoms with van der Waals surface area (Å²) < 4.78 is 83.5. The smallest absolute Gasteiger partial charge is 0.408 e. The van der Waals surface area contributed by atoms with Gasteiger partial charge in [0.1, 0.15) is 31.2 Å². The van der Waals surface area contributed by atoms with Crippen molar-refractivity contribution in [3.05, 3.63) is 131 Å². The molecular weight excluding hydrogens is 762 g/mol. The molecule has 298 valence electrons. The number of hydrogen-bond donors (Lipinski definition) is 3. The number of alkyl halides is 6. The molecule has 3 aromatic carbocycles. The van der Waals surface area contributed by atoms with E-state index in [2.05, 4.69) is 20.2 Å². The summed E-state index contributed by atoms with van der Waals surface area (Å²) in [6.45, 7) is -2.28. The second-order valence-corrected chi connectivity index (χ2v) is 13.0. The van der Waals surface area contributed by atoms with Gasteiger partial charge in [0.25, 0.3) is 11.8 Å². The van der Waals surface area contributed by atoms with Gasteiger partial charge in [-0.25, -0.2) is 9.98 Å². The average molecular weight is 797 g/mol. The summed E-state index contributed by atoms with van der Waals surface area (Å²) in [6.07, 6.45) is -4.30. The molecule has 2 aromatic heterocycles.